The van der Waals surface area contributed by atoms with E-state index >= 15 is 0 Å². The summed E-state index contributed by atoms with van der Waals surface area (Å²) in [7, 11) is 1.32. The number of hydrogen-bond acceptors (Lipinski definition) is 4. The maximum Gasteiger partial charge on any atom is 0.332 e. The molecule has 1 aliphatic rings. The molecule has 0 spiro atoms. The average molecular weight is 323 g/mol. The van der Waals surface area contributed by atoms with Crippen LogP contribution in [0, 0.1) is 0 Å². The Bertz CT molecular complexity index is 441. The number of ether oxygens (including phenoxy) is 2. The van der Waals surface area contributed by atoms with Crippen molar-refractivity contribution in [2.24, 2.45) is 5.73 Å². The Labute approximate surface area is 114 Å². The molecule has 0 aliphatic carbocycles. The number of carbonyl (C=O) groups excluding carboxylic acids is 1. The molecule has 1 aromatic carbocycles. The highest BCUT2D eigenvalue weighted by Crippen LogP contribution is 2.31. The van der Waals surface area contributed by atoms with E-state index < -0.39 is 11.5 Å². The van der Waals surface area contributed by atoms with E-state index in [0.29, 0.717) is 6.61 Å². The van der Waals surface area contributed by atoms with Gasteiger partial charge in [0, 0.05) is 4.47 Å². The summed E-state index contributed by atoms with van der Waals surface area (Å²) in [6.07, 6.45) is 0. The molecule has 1 unspecified atom stereocenters. The molecule has 4 nitrogen and oxygen atoms in total. The number of benzene rings is 1. The van der Waals surface area contributed by atoms with Gasteiger partial charge in [0.15, 0.2) is 5.54 Å². The molecule has 1 aliphatic heterocycles. The first-order valence-corrected chi connectivity index (χ1v) is 5.61. The molecule has 1 atom stereocenters. The first-order valence-electron chi connectivity index (χ1n) is 4.82. The van der Waals surface area contributed by atoms with E-state index in [1.807, 2.05) is 18.2 Å². The predicted octanol–water partition coefficient (Wildman–Crippen LogP) is 1.73. The summed E-state index contributed by atoms with van der Waals surface area (Å²) in [5.74, 6) is -0.476. The fourth-order valence-electron chi connectivity index (χ4n) is 1.87. The lowest BCUT2D eigenvalue weighted by molar-refractivity contribution is -0.151. The van der Waals surface area contributed by atoms with Gasteiger partial charge in [-0.15, -0.1) is 12.4 Å². The number of fused-ring (bicyclic) bond motifs is 1. The molecule has 2 N–H and O–H groups in total. The summed E-state index contributed by atoms with van der Waals surface area (Å²) in [6.45, 7) is 0.610. The summed E-state index contributed by atoms with van der Waals surface area (Å²) in [4.78, 5) is 11.7. The van der Waals surface area contributed by atoms with Crippen molar-refractivity contribution in [3.63, 3.8) is 0 Å². The molecule has 2 rings (SSSR count). The molecular formula is C11H13BrClNO3. The van der Waals surface area contributed by atoms with Crippen molar-refractivity contribution in [3.05, 3.63) is 33.8 Å². The molecule has 6 heteroatoms. The molecule has 0 saturated heterocycles. The van der Waals surface area contributed by atoms with Crippen molar-refractivity contribution >= 4 is 34.3 Å². The van der Waals surface area contributed by atoms with Crippen molar-refractivity contribution in [2.75, 3.05) is 13.7 Å². The smallest absolute Gasteiger partial charge is 0.332 e. The van der Waals surface area contributed by atoms with Crippen molar-refractivity contribution in [1.29, 1.82) is 0 Å². The Balaban J connectivity index is 0.00000144. The second-order valence-electron chi connectivity index (χ2n) is 3.76. The van der Waals surface area contributed by atoms with Gasteiger partial charge < -0.3 is 15.2 Å². The number of esters is 1. The molecule has 0 fully saturated rings. The Hall–Kier alpha value is -0.620. The van der Waals surface area contributed by atoms with Gasteiger partial charge in [0.2, 0.25) is 0 Å². The largest absolute Gasteiger partial charge is 0.467 e. The summed E-state index contributed by atoms with van der Waals surface area (Å²) in [5, 5.41) is 0. The fourth-order valence-corrected chi connectivity index (χ4v) is 2.28. The predicted molar refractivity (Wildman–Crippen MR) is 68.9 cm³/mol. The van der Waals surface area contributed by atoms with E-state index in [2.05, 4.69) is 15.9 Å². The Kier molecular flexibility index (Phi) is 4.55. The summed E-state index contributed by atoms with van der Waals surface area (Å²) >= 11 is 3.37. The minimum Gasteiger partial charge on any atom is -0.467 e. The van der Waals surface area contributed by atoms with Gasteiger partial charge in [-0.2, -0.15) is 0 Å². The number of hydrogen-bond donors (Lipinski definition) is 1. The van der Waals surface area contributed by atoms with Gasteiger partial charge in [-0.05, 0) is 23.3 Å². The van der Waals surface area contributed by atoms with Crippen LogP contribution in [0.4, 0.5) is 0 Å². The molecule has 0 amide bonds. The Morgan fingerprint density at radius 3 is 2.94 bits per heavy atom. The molecular weight excluding hydrogens is 309 g/mol. The molecule has 1 aromatic rings. The highest BCUT2D eigenvalue weighted by Gasteiger charge is 2.41. The fraction of sp³-hybridized carbons (Fsp3) is 0.364. The first-order chi connectivity index (χ1) is 7.58. The van der Waals surface area contributed by atoms with Crippen LogP contribution in [0.5, 0.6) is 0 Å². The zero-order valence-electron chi connectivity index (χ0n) is 9.23. The van der Waals surface area contributed by atoms with Crippen LogP contribution in [0.15, 0.2) is 22.7 Å². The van der Waals surface area contributed by atoms with Gasteiger partial charge in [0.05, 0.1) is 20.3 Å². The SMILES string of the molecule is COC(=O)C1(N)COCc2cc(Br)ccc21.Cl. The normalized spacial score (nSPS) is 22.3. The van der Waals surface area contributed by atoms with E-state index in [-0.39, 0.29) is 19.0 Å². The highest BCUT2D eigenvalue weighted by atomic mass is 79.9. The Morgan fingerprint density at radius 1 is 1.59 bits per heavy atom. The van der Waals surface area contributed by atoms with Gasteiger partial charge >= 0.3 is 5.97 Å². The maximum atomic E-state index is 11.7. The average Bonchev–Trinajstić information content (AvgIpc) is 2.27. The lowest BCUT2D eigenvalue weighted by Crippen LogP contribution is -2.52. The molecule has 0 bridgehead atoms. The van der Waals surface area contributed by atoms with E-state index in [4.69, 9.17) is 15.2 Å². The van der Waals surface area contributed by atoms with Crippen molar-refractivity contribution in [1.82, 2.24) is 0 Å². The standard InChI is InChI=1S/C11H12BrNO3.ClH/c1-15-10(14)11(13)6-16-5-7-4-8(12)2-3-9(7)11;/h2-4H,5-6,13H2,1H3;1H. The van der Waals surface area contributed by atoms with E-state index in [1.165, 1.54) is 7.11 Å². The first kappa shape index (κ1) is 14.4. The minimum absolute atomic E-state index is 0. The van der Waals surface area contributed by atoms with Gasteiger partial charge in [-0.1, -0.05) is 22.0 Å². The van der Waals surface area contributed by atoms with Crippen LogP contribution in [0.2, 0.25) is 0 Å². The van der Waals surface area contributed by atoms with Gasteiger partial charge in [-0.25, -0.2) is 4.79 Å². The number of halogens is 2. The second kappa shape index (κ2) is 5.35. The number of methoxy groups -OCH3 is 1. The third-order valence-electron chi connectivity index (χ3n) is 2.68. The second-order valence-corrected chi connectivity index (χ2v) is 4.67. The summed E-state index contributed by atoms with van der Waals surface area (Å²) in [6, 6.07) is 5.59. The zero-order chi connectivity index (χ0) is 11.8. The number of rotatable bonds is 1. The quantitative estimate of drug-likeness (QED) is 0.800. The van der Waals surface area contributed by atoms with Crippen LogP contribution in [0.1, 0.15) is 11.1 Å². The van der Waals surface area contributed by atoms with Crippen molar-refractivity contribution in [2.45, 2.75) is 12.1 Å². The molecule has 94 valence electrons. The van der Waals surface area contributed by atoms with Crippen LogP contribution in [-0.2, 0) is 26.4 Å². The molecule has 1 heterocycles. The van der Waals surface area contributed by atoms with Crippen LogP contribution < -0.4 is 5.73 Å². The zero-order valence-corrected chi connectivity index (χ0v) is 11.6. The van der Waals surface area contributed by atoms with E-state index in [9.17, 15) is 4.79 Å². The third kappa shape index (κ3) is 2.47. The van der Waals surface area contributed by atoms with Crippen LogP contribution in [-0.4, -0.2) is 19.7 Å². The third-order valence-corrected chi connectivity index (χ3v) is 3.18. The molecule has 0 saturated carbocycles. The molecule has 0 radical (unpaired) electrons. The topological polar surface area (TPSA) is 61.5 Å². The lowest BCUT2D eigenvalue weighted by Gasteiger charge is -2.32. The van der Waals surface area contributed by atoms with Crippen LogP contribution >= 0.6 is 28.3 Å². The van der Waals surface area contributed by atoms with E-state index in [1.54, 1.807) is 0 Å². The van der Waals surface area contributed by atoms with Crippen LogP contribution in [0.3, 0.4) is 0 Å². The van der Waals surface area contributed by atoms with Gasteiger partial charge in [0.1, 0.15) is 0 Å². The lowest BCUT2D eigenvalue weighted by atomic mass is 9.86. The molecule has 17 heavy (non-hydrogen) atoms. The number of carbonyl (C=O) groups is 1. The van der Waals surface area contributed by atoms with E-state index in [0.717, 1.165) is 15.6 Å². The summed E-state index contributed by atoms with van der Waals surface area (Å²) < 4.78 is 11.0. The van der Waals surface area contributed by atoms with Gasteiger partial charge in [0.25, 0.3) is 0 Å². The highest BCUT2D eigenvalue weighted by molar-refractivity contribution is 9.10. The van der Waals surface area contributed by atoms with Crippen LogP contribution in [0.25, 0.3) is 0 Å². The maximum absolute atomic E-state index is 11.7. The number of nitrogens with two attached hydrogens (primary N) is 1. The summed E-state index contributed by atoms with van der Waals surface area (Å²) in [5.41, 5.74) is 6.55. The Morgan fingerprint density at radius 2 is 2.29 bits per heavy atom. The monoisotopic (exact) mass is 321 g/mol. The molecule has 0 aromatic heterocycles. The minimum atomic E-state index is -1.19. The van der Waals surface area contributed by atoms with Crippen molar-refractivity contribution < 1.29 is 14.3 Å². The van der Waals surface area contributed by atoms with Crippen molar-refractivity contribution in [3.8, 4) is 0 Å². The van der Waals surface area contributed by atoms with Gasteiger partial charge in [-0.3, -0.25) is 0 Å².